The van der Waals surface area contributed by atoms with E-state index in [1.54, 1.807) is 13.3 Å². The van der Waals surface area contributed by atoms with Crippen LogP contribution in [0.2, 0.25) is 0 Å². The third-order valence-corrected chi connectivity index (χ3v) is 3.80. The Balaban J connectivity index is 0.000000423. The molecule has 11 heteroatoms. The predicted molar refractivity (Wildman–Crippen MR) is 107 cm³/mol. The summed E-state index contributed by atoms with van der Waals surface area (Å²) >= 11 is 0. The number of benzene rings is 2. The third kappa shape index (κ3) is 7.72. The molecule has 2 amide bonds. The van der Waals surface area contributed by atoms with Crippen LogP contribution in [-0.4, -0.2) is 40.6 Å². The Morgan fingerprint density at radius 3 is 2.35 bits per heavy atom. The third-order valence-electron chi connectivity index (χ3n) is 3.80. The first-order chi connectivity index (χ1) is 14.7. The number of rotatable bonds is 5. The molecule has 0 saturated heterocycles. The van der Waals surface area contributed by atoms with Crippen LogP contribution < -0.4 is 15.4 Å². The zero-order valence-corrected chi connectivity index (χ0v) is 16.2. The van der Waals surface area contributed by atoms with E-state index in [2.05, 4.69) is 20.8 Å². The summed E-state index contributed by atoms with van der Waals surface area (Å²) in [6.07, 6.45) is -1.51. The van der Waals surface area contributed by atoms with Gasteiger partial charge in [-0.1, -0.05) is 24.3 Å². The Morgan fingerprint density at radius 2 is 1.81 bits per heavy atom. The molecular weight excluding hydrogens is 417 g/mol. The van der Waals surface area contributed by atoms with Crippen molar-refractivity contribution in [1.29, 1.82) is 0 Å². The molecule has 31 heavy (non-hydrogen) atoms. The van der Waals surface area contributed by atoms with Gasteiger partial charge in [-0.3, -0.25) is 5.10 Å². The normalized spacial score (nSPS) is 10.5. The first kappa shape index (κ1) is 23.3. The summed E-state index contributed by atoms with van der Waals surface area (Å²) in [6.45, 7) is 0.427. The van der Waals surface area contributed by atoms with Crippen molar-refractivity contribution in [2.24, 2.45) is 0 Å². The van der Waals surface area contributed by atoms with Gasteiger partial charge in [-0.2, -0.15) is 18.3 Å². The number of hydrogen-bond acceptors (Lipinski definition) is 4. The molecule has 4 N–H and O–H groups in total. The molecule has 0 spiro atoms. The van der Waals surface area contributed by atoms with Crippen molar-refractivity contribution in [3.63, 3.8) is 0 Å². The lowest BCUT2D eigenvalue weighted by atomic mass is 10.1. The van der Waals surface area contributed by atoms with E-state index in [0.29, 0.717) is 6.54 Å². The van der Waals surface area contributed by atoms with Gasteiger partial charge in [-0.15, -0.1) is 0 Å². The maximum absolute atomic E-state index is 12.0. The molecule has 1 heterocycles. The molecule has 8 nitrogen and oxygen atoms in total. The fourth-order valence-corrected chi connectivity index (χ4v) is 2.29. The topological polar surface area (TPSA) is 116 Å². The number of ether oxygens (including phenoxy) is 1. The zero-order chi connectivity index (χ0) is 22.9. The molecule has 0 fully saturated rings. The van der Waals surface area contributed by atoms with E-state index in [9.17, 15) is 18.0 Å². The second-order valence-corrected chi connectivity index (χ2v) is 6.03. The number of carbonyl (C=O) groups excluding carboxylic acids is 1. The van der Waals surface area contributed by atoms with Gasteiger partial charge in [-0.05, 0) is 35.4 Å². The Morgan fingerprint density at radius 1 is 1.13 bits per heavy atom. The van der Waals surface area contributed by atoms with Gasteiger partial charge < -0.3 is 20.5 Å². The Kier molecular flexibility index (Phi) is 8.01. The number of anilines is 1. The van der Waals surface area contributed by atoms with Gasteiger partial charge in [0.25, 0.3) is 0 Å². The van der Waals surface area contributed by atoms with Crippen LogP contribution in [0.4, 0.5) is 23.7 Å². The van der Waals surface area contributed by atoms with Gasteiger partial charge in [0, 0.05) is 24.0 Å². The number of nitrogens with one attached hydrogen (secondary N) is 3. The molecule has 0 unspecified atom stereocenters. The molecule has 2 aromatic carbocycles. The van der Waals surface area contributed by atoms with Gasteiger partial charge in [0.1, 0.15) is 5.75 Å². The highest BCUT2D eigenvalue weighted by atomic mass is 19.4. The summed E-state index contributed by atoms with van der Waals surface area (Å²) in [7, 11) is 1.62. The van der Waals surface area contributed by atoms with E-state index in [1.165, 1.54) is 0 Å². The molecule has 0 saturated carbocycles. The molecule has 0 radical (unpaired) electrons. The van der Waals surface area contributed by atoms with Crippen LogP contribution in [0, 0.1) is 0 Å². The molecular formula is C20H19F3N4O4. The first-order valence-electron chi connectivity index (χ1n) is 8.76. The molecule has 0 aliphatic heterocycles. The zero-order valence-electron chi connectivity index (χ0n) is 16.2. The molecule has 3 rings (SSSR count). The number of H-pyrrole nitrogens is 1. The number of carboxylic acid groups (broad SMARTS) is 1. The quantitative estimate of drug-likeness (QED) is 0.482. The van der Waals surface area contributed by atoms with Gasteiger partial charge in [0.2, 0.25) is 0 Å². The minimum Gasteiger partial charge on any atom is -0.497 e. The van der Waals surface area contributed by atoms with E-state index in [-0.39, 0.29) is 6.03 Å². The number of amides is 2. The lowest BCUT2D eigenvalue weighted by Crippen LogP contribution is -2.28. The van der Waals surface area contributed by atoms with Crippen molar-refractivity contribution in [2.45, 2.75) is 12.7 Å². The summed E-state index contributed by atoms with van der Waals surface area (Å²) in [4.78, 5) is 20.9. The van der Waals surface area contributed by atoms with Crippen LogP contribution >= 0.6 is 0 Å². The Labute approximate surface area is 175 Å². The largest absolute Gasteiger partial charge is 0.497 e. The number of carbonyl (C=O) groups is 2. The van der Waals surface area contributed by atoms with Crippen molar-refractivity contribution >= 4 is 17.7 Å². The van der Waals surface area contributed by atoms with E-state index in [4.69, 9.17) is 14.6 Å². The van der Waals surface area contributed by atoms with Crippen LogP contribution in [0.3, 0.4) is 0 Å². The minimum atomic E-state index is -5.08. The molecule has 0 atom stereocenters. The van der Waals surface area contributed by atoms with Crippen LogP contribution in [-0.2, 0) is 11.3 Å². The molecule has 3 aromatic rings. The lowest BCUT2D eigenvalue weighted by molar-refractivity contribution is -0.192. The van der Waals surface area contributed by atoms with Gasteiger partial charge >= 0.3 is 18.2 Å². The summed E-state index contributed by atoms with van der Waals surface area (Å²) in [5.41, 5.74) is 3.74. The first-order valence-corrected chi connectivity index (χ1v) is 8.76. The van der Waals surface area contributed by atoms with Crippen LogP contribution in [0.15, 0.2) is 60.9 Å². The number of aliphatic carboxylic acids is 1. The molecule has 0 aliphatic carbocycles. The molecule has 1 aromatic heterocycles. The van der Waals surface area contributed by atoms with E-state index >= 15 is 0 Å². The molecule has 0 bridgehead atoms. The van der Waals surface area contributed by atoms with Crippen LogP contribution in [0.1, 0.15) is 5.56 Å². The van der Waals surface area contributed by atoms with Crippen LogP contribution in [0.5, 0.6) is 5.75 Å². The highest BCUT2D eigenvalue weighted by molar-refractivity contribution is 5.89. The van der Waals surface area contributed by atoms with E-state index < -0.39 is 12.1 Å². The number of nitrogens with zero attached hydrogens (tertiary/aromatic N) is 1. The smallest absolute Gasteiger partial charge is 0.490 e. The number of urea groups is 1. The monoisotopic (exact) mass is 436 g/mol. The van der Waals surface area contributed by atoms with Crippen molar-refractivity contribution in [3.8, 4) is 16.9 Å². The fourth-order valence-electron chi connectivity index (χ4n) is 2.29. The Hall–Kier alpha value is -4.02. The average Bonchev–Trinajstić information content (AvgIpc) is 3.28. The summed E-state index contributed by atoms with van der Waals surface area (Å²) in [5.74, 6) is -1.99. The van der Waals surface area contributed by atoms with Crippen molar-refractivity contribution < 1.29 is 32.6 Å². The SMILES string of the molecule is COc1cccc(CNC(=O)Nc2ccc(-c3cn[nH]c3)cc2)c1.O=C(O)C(F)(F)F. The summed E-state index contributed by atoms with van der Waals surface area (Å²) < 4.78 is 36.9. The number of hydrogen-bond donors (Lipinski definition) is 4. The number of methoxy groups -OCH3 is 1. The van der Waals surface area contributed by atoms with E-state index in [1.807, 2.05) is 54.7 Å². The number of alkyl halides is 3. The second kappa shape index (κ2) is 10.7. The number of aromatic amines is 1. The summed E-state index contributed by atoms with van der Waals surface area (Å²) in [5, 5.41) is 19.5. The highest BCUT2D eigenvalue weighted by Crippen LogP contribution is 2.20. The predicted octanol–water partition coefficient (Wildman–Crippen LogP) is 4.04. The molecule has 0 aliphatic rings. The van der Waals surface area contributed by atoms with Crippen molar-refractivity contribution in [2.75, 3.05) is 12.4 Å². The highest BCUT2D eigenvalue weighted by Gasteiger charge is 2.38. The Bertz CT molecular complexity index is 990. The van der Waals surface area contributed by atoms with E-state index in [0.717, 1.165) is 28.1 Å². The maximum Gasteiger partial charge on any atom is 0.490 e. The minimum absolute atomic E-state index is 0.256. The number of carboxylic acids is 1. The number of halogens is 3. The van der Waals surface area contributed by atoms with Gasteiger partial charge in [0.15, 0.2) is 0 Å². The van der Waals surface area contributed by atoms with Crippen LogP contribution in [0.25, 0.3) is 11.1 Å². The number of aromatic nitrogens is 2. The molecule has 164 valence electrons. The van der Waals surface area contributed by atoms with Gasteiger partial charge in [0.05, 0.1) is 13.3 Å². The van der Waals surface area contributed by atoms with Crippen molar-refractivity contribution in [3.05, 3.63) is 66.5 Å². The second-order valence-electron chi connectivity index (χ2n) is 6.03. The van der Waals surface area contributed by atoms with Crippen molar-refractivity contribution in [1.82, 2.24) is 15.5 Å². The average molecular weight is 436 g/mol. The standard InChI is InChI=1S/C18H18N4O2.C2HF3O2/c1-24-17-4-2-3-13(9-17)10-19-18(23)22-16-7-5-14(6-8-16)15-11-20-21-12-15;3-2(4,5)1(6)7/h2-9,11-12H,10H2,1H3,(H,20,21)(H2,19,22,23);(H,6,7). The lowest BCUT2D eigenvalue weighted by Gasteiger charge is -2.09. The summed E-state index contributed by atoms with van der Waals surface area (Å²) in [6, 6.07) is 14.9. The maximum atomic E-state index is 12.0. The fraction of sp³-hybridized carbons (Fsp3) is 0.150. The van der Waals surface area contributed by atoms with Gasteiger partial charge in [-0.25, -0.2) is 9.59 Å².